The molecule has 2 fully saturated rings. The number of aliphatic hydroxyl groups is 2. The fourth-order valence-corrected chi connectivity index (χ4v) is 16.7. The molecular formula is C92H161N3O20P2S. The number of thioether (sulfide) groups is 1. The van der Waals surface area contributed by atoms with Crippen LogP contribution in [0.5, 0.6) is 0 Å². The van der Waals surface area contributed by atoms with Gasteiger partial charge < -0.3 is 54.9 Å². The number of ether oxygens (including phenoxy) is 4. The van der Waals surface area contributed by atoms with Crippen LogP contribution in [0.3, 0.4) is 0 Å². The van der Waals surface area contributed by atoms with E-state index in [0.717, 1.165) is 211 Å². The molecule has 23 nitrogen and oxygen atoms in total. The van der Waals surface area contributed by atoms with Gasteiger partial charge in [-0.15, -0.1) is 0 Å². The Labute approximate surface area is 716 Å². The number of fused-ring (bicyclic) bond motifs is 1. The van der Waals surface area contributed by atoms with Crippen LogP contribution in [0.2, 0.25) is 0 Å². The van der Waals surface area contributed by atoms with Gasteiger partial charge in [0.15, 0.2) is 12.2 Å². The first kappa shape index (κ1) is 109. The first-order valence-corrected chi connectivity index (χ1v) is 50.2. The molecule has 2 heterocycles. The Morgan fingerprint density at radius 1 is 0.415 bits per heavy atom. The van der Waals surface area contributed by atoms with Gasteiger partial charge in [0, 0.05) is 43.1 Å². The van der Waals surface area contributed by atoms with Crippen molar-refractivity contribution in [1.29, 1.82) is 0 Å². The summed E-state index contributed by atoms with van der Waals surface area (Å²) < 4.78 is 69.0. The van der Waals surface area contributed by atoms with Crippen LogP contribution < -0.4 is 16.0 Å². The minimum absolute atomic E-state index is 0.00886. The molecular weight excluding hydrogens is 1560 g/mol. The Bertz CT molecular complexity index is 2880. The summed E-state index contributed by atoms with van der Waals surface area (Å²) in [6.07, 6.45) is 72.0. The number of phosphoric acid groups is 2. The lowest BCUT2D eigenvalue weighted by molar-refractivity contribution is -0.161. The van der Waals surface area contributed by atoms with Gasteiger partial charge in [0.1, 0.15) is 19.3 Å². The molecule has 10 atom stereocenters. The summed E-state index contributed by atoms with van der Waals surface area (Å²) in [4.78, 5) is 98.5. The van der Waals surface area contributed by atoms with Crippen molar-refractivity contribution >= 4 is 63.2 Å². The minimum atomic E-state index is -5.04. The van der Waals surface area contributed by atoms with Crippen molar-refractivity contribution < 1.29 is 94.9 Å². The van der Waals surface area contributed by atoms with Gasteiger partial charge in [-0.2, -0.15) is 11.8 Å². The fraction of sp³-hybridized carbons (Fsp3) is 0.783. The highest BCUT2D eigenvalue weighted by Crippen LogP contribution is 2.45. The van der Waals surface area contributed by atoms with E-state index in [-0.39, 0.29) is 55.7 Å². The molecule has 0 saturated carbocycles. The van der Waals surface area contributed by atoms with Crippen molar-refractivity contribution in [3.05, 3.63) is 85.1 Å². The van der Waals surface area contributed by atoms with Crippen molar-refractivity contribution in [3.63, 3.8) is 0 Å². The molecule has 0 spiro atoms. The van der Waals surface area contributed by atoms with E-state index in [4.69, 9.17) is 37.0 Å². The lowest BCUT2D eigenvalue weighted by atomic mass is 9.99. The third kappa shape index (κ3) is 65.9. The molecule has 0 aromatic carbocycles. The Kier molecular flexibility index (Phi) is 70.4. The second-order valence-electron chi connectivity index (χ2n) is 31.8. The second kappa shape index (κ2) is 76.0. The number of urea groups is 1. The van der Waals surface area contributed by atoms with E-state index in [2.05, 4.69) is 123 Å². The molecule has 0 bridgehead atoms. The summed E-state index contributed by atoms with van der Waals surface area (Å²) in [5.41, 5.74) is 0. The number of phosphoric ester groups is 2. The predicted octanol–water partition coefficient (Wildman–Crippen LogP) is 22.2. The lowest BCUT2D eigenvalue weighted by Crippen LogP contribution is -2.43. The van der Waals surface area contributed by atoms with Gasteiger partial charge in [-0.05, 0) is 161 Å². The summed E-state index contributed by atoms with van der Waals surface area (Å²) in [6.45, 7) is 4.50. The summed E-state index contributed by atoms with van der Waals surface area (Å²) in [5, 5.41) is 31.4. The molecule has 0 radical (unpaired) electrons. The monoisotopic (exact) mass is 1720 g/mol. The number of hydrogen-bond donors (Lipinski definition) is 7. The van der Waals surface area contributed by atoms with Crippen molar-refractivity contribution in [3.8, 4) is 0 Å². The van der Waals surface area contributed by atoms with Gasteiger partial charge in [0.25, 0.3) is 0 Å². The maximum absolute atomic E-state index is 13.3. The smallest absolute Gasteiger partial charge is 0.462 e. The normalized spacial score (nSPS) is 17.4. The van der Waals surface area contributed by atoms with Crippen LogP contribution in [0, 0.1) is 0 Å². The van der Waals surface area contributed by atoms with E-state index in [0.29, 0.717) is 56.6 Å². The van der Waals surface area contributed by atoms with E-state index in [1.807, 2.05) is 17.8 Å². The molecule has 680 valence electrons. The number of rotatable bonds is 82. The summed E-state index contributed by atoms with van der Waals surface area (Å²) >= 11 is 1.87. The van der Waals surface area contributed by atoms with Crippen molar-refractivity contribution in [2.45, 2.75) is 416 Å². The number of carbonyl (C=O) groups excluding carboxylic acids is 6. The zero-order chi connectivity index (χ0) is 85.9. The molecule has 2 saturated heterocycles. The number of amides is 3. The SMILES string of the molecule is CCCCC/C=C/C/C=C/CCCCCCCC(=O)OCC(COP(=O)(O)OCC(O)COP(=O)(O)OCC(COC(=O)CCCCCCC/C=C/C/C=C/CCCCC)OC(=O)CCCCCCC/C=C/CC(O)C(CCCCCC)NC(=O)CCCCC1SCC2NC(=O)NC21)OC(=O)CCCCCCC/C=C/C/C=C/CCCCC. The van der Waals surface area contributed by atoms with E-state index >= 15 is 0 Å². The molecule has 118 heavy (non-hydrogen) atoms. The molecule has 2 aliphatic heterocycles. The maximum atomic E-state index is 13.3. The van der Waals surface area contributed by atoms with Crippen LogP contribution in [0.15, 0.2) is 85.1 Å². The standard InChI is InChI=1S/C92H161N3O20P2S/c1-5-9-13-17-20-23-26-29-32-35-38-41-47-52-58-68-87(99)108-74-80(114-89(101)70-60-54-49-43-40-37-34-31-28-25-22-19-15-11-7-3)76-112-116(104,105)110-72-79(96)73-111-117(106,107)113-77-81(75-109-88(100)69-59-53-48-42-39-36-33-30-27-24-21-18-14-10-6-2)115-90(102)71-61-55-50-45-44-46-51-57-65-84(97)82(64-56-16-12-8-4)93-86(98)67-63-62-66-85-91-83(78-118-85)94-92(103)95-91/h20-25,29-34,51,57,79-85,91,96-97H,5-19,26-28,35-50,52-56,58-78H2,1-4H3,(H,93,98)(H,104,105)(H,106,107)(H2,94,95,103)/b23-20+,24-21+,25-22+,32-29+,33-30+,34-31+,57-51+. The zero-order valence-electron chi connectivity index (χ0n) is 73.3. The highest BCUT2D eigenvalue weighted by molar-refractivity contribution is 8.00. The highest BCUT2D eigenvalue weighted by atomic mass is 32.2. The van der Waals surface area contributed by atoms with E-state index < -0.39 is 104 Å². The molecule has 3 amide bonds. The average Bonchev–Trinajstić information content (AvgIpc) is 1.67. The molecule has 0 aliphatic carbocycles. The van der Waals surface area contributed by atoms with Gasteiger partial charge in [0.2, 0.25) is 5.91 Å². The van der Waals surface area contributed by atoms with Crippen LogP contribution in [0.1, 0.15) is 368 Å². The summed E-state index contributed by atoms with van der Waals surface area (Å²) in [6, 6.07) is -0.124. The average molecular weight is 1720 g/mol. The van der Waals surface area contributed by atoms with Crippen LogP contribution in [0.4, 0.5) is 4.79 Å². The van der Waals surface area contributed by atoms with E-state index in [9.17, 15) is 57.9 Å². The number of unbranched alkanes of at least 4 members (excludes halogenated alkanes) is 33. The van der Waals surface area contributed by atoms with Crippen molar-refractivity contribution in [2.24, 2.45) is 0 Å². The van der Waals surface area contributed by atoms with Crippen LogP contribution >= 0.6 is 27.4 Å². The number of hydrogen-bond acceptors (Lipinski definition) is 19. The molecule has 26 heteroatoms. The lowest BCUT2D eigenvalue weighted by Gasteiger charge is -2.24. The Morgan fingerprint density at radius 3 is 1.16 bits per heavy atom. The minimum Gasteiger partial charge on any atom is -0.462 e. The van der Waals surface area contributed by atoms with Gasteiger partial charge >= 0.3 is 45.6 Å². The van der Waals surface area contributed by atoms with E-state index in [1.54, 1.807) is 0 Å². The van der Waals surface area contributed by atoms with Gasteiger partial charge in [-0.25, -0.2) is 13.9 Å². The van der Waals surface area contributed by atoms with Gasteiger partial charge in [0.05, 0.1) is 50.7 Å². The Morgan fingerprint density at radius 2 is 0.754 bits per heavy atom. The maximum Gasteiger partial charge on any atom is 0.472 e. The fourth-order valence-electron chi connectivity index (χ4n) is 13.6. The first-order valence-electron chi connectivity index (χ1n) is 46.1. The molecule has 0 aromatic rings. The Balaban J connectivity index is 1.94. The quantitative estimate of drug-likeness (QED) is 0.00743. The predicted molar refractivity (Wildman–Crippen MR) is 476 cm³/mol. The molecule has 0 aromatic heterocycles. The number of allylic oxidation sites excluding steroid dienone is 13. The van der Waals surface area contributed by atoms with Crippen LogP contribution in [-0.4, -0.2) is 149 Å². The van der Waals surface area contributed by atoms with Crippen molar-refractivity contribution in [2.75, 3.05) is 45.4 Å². The van der Waals surface area contributed by atoms with Crippen molar-refractivity contribution in [1.82, 2.24) is 16.0 Å². The van der Waals surface area contributed by atoms with Crippen LogP contribution in [-0.2, 0) is 70.1 Å². The number of esters is 4. The summed E-state index contributed by atoms with van der Waals surface area (Å²) in [7, 11) is -10.1. The highest BCUT2D eigenvalue weighted by Gasteiger charge is 2.42. The number of aliphatic hydroxyl groups excluding tert-OH is 2. The molecule has 2 aliphatic rings. The topological polar surface area (TPSA) is 327 Å². The number of carbonyl (C=O) groups is 6. The second-order valence-corrected chi connectivity index (χ2v) is 36.0. The largest absolute Gasteiger partial charge is 0.472 e. The molecule has 2 rings (SSSR count). The number of nitrogens with one attached hydrogen (secondary N) is 3. The summed E-state index contributed by atoms with van der Waals surface area (Å²) in [5.74, 6) is -1.48. The van der Waals surface area contributed by atoms with Crippen LogP contribution in [0.25, 0.3) is 0 Å². The molecule has 10 unspecified atom stereocenters. The molecule has 7 N–H and O–H groups in total. The van der Waals surface area contributed by atoms with Gasteiger partial charge in [-0.1, -0.05) is 260 Å². The third-order valence-electron chi connectivity index (χ3n) is 20.7. The first-order chi connectivity index (χ1) is 57.3. The van der Waals surface area contributed by atoms with Gasteiger partial charge in [-0.3, -0.25) is 42.1 Å². The Hall–Kier alpha value is -4.71. The third-order valence-corrected chi connectivity index (χ3v) is 24.1. The zero-order valence-corrected chi connectivity index (χ0v) is 75.9. The van der Waals surface area contributed by atoms with E-state index in [1.165, 1.54) is 57.8 Å².